The van der Waals surface area contributed by atoms with Gasteiger partial charge < -0.3 is 10.1 Å². The number of allylic oxidation sites excluding steroid dienone is 1. The second kappa shape index (κ2) is 5.15. The van der Waals surface area contributed by atoms with Crippen LogP contribution in [0.2, 0.25) is 0 Å². The van der Waals surface area contributed by atoms with Gasteiger partial charge in [0.25, 0.3) is 0 Å². The van der Waals surface area contributed by atoms with E-state index in [1.807, 2.05) is 0 Å². The highest BCUT2D eigenvalue weighted by Gasteiger charge is 2.19. The molecule has 2 aliphatic rings. The Labute approximate surface area is 109 Å². The highest BCUT2D eigenvalue weighted by Crippen LogP contribution is 2.33. The van der Waals surface area contributed by atoms with Gasteiger partial charge in [-0.05, 0) is 49.9 Å². The summed E-state index contributed by atoms with van der Waals surface area (Å²) < 4.78 is 5.58. The lowest BCUT2D eigenvalue weighted by molar-refractivity contribution is 0.357. The van der Waals surface area contributed by atoms with Crippen molar-refractivity contribution >= 4 is 0 Å². The number of benzene rings is 1. The fourth-order valence-electron chi connectivity index (χ4n) is 3.08. The van der Waals surface area contributed by atoms with Crippen LogP contribution in [0.1, 0.15) is 42.9 Å². The number of fused-ring (bicyclic) bond motifs is 1. The lowest BCUT2D eigenvalue weighted by atomic mass is 9.89. The minimum atomic E-state index is 0.385. The van der Waals surface area contributed by atoms with Crippen LogP contribution in [0.5, 0.6) is 5.75 Å². The largest absolute Gasteiger partial charge is 0.493 e. The van der Waals surface area contributed by atoms with Crippen LogP contribution in [0.4, 0.5) is 0 Å². The fourth-order valence-corrected chi connectivity index (χ4v) is 3.08. The van der Waals surface area contributed by atoms with Crippen LogP contribution in [-0.4, -0.2) is 13.7 Å². The molecular weight excluding hydrogens is 222 g/mol. The molecule has 0 saturated heterocycles. The Kier molecular flexibility index (Phi) is 3.37. The highest BCUT2D eigenvalue weighted by atomic mass is 16.5. The average Bonchev–Trinajstić information content (AvgIpc) is 2.88. The second-order valence-electron chi connectivity index (χ2n) is 5.21. The van der Waals surface area contributed by atoms with Gasteiger partial charge in [-0.15, -0.1) is 0 Å². The van der Waals surface area contributed by atoms with Crippen LogP contribution in [0.15, 0.2) is 29.8 Å². The first-order valence-electron chi connectivity index (χ1n) is 7.00. The maximum Gasteiger partial charge on any atom is 0.122 e. The molecule has 2 heteroatoms. The molecule has 3 rings (SSSR count). The fraction of sp³-hybridized carbons (Fsp3) is 0.500. The van der Waals surface area contributed by atoms with Crippen molar-refractivity contribution in [1.29, 1.82) is 0 Å². The zero-order chi connectivity index (χ0) is 12.4. The number of likely N-dealkylation sites (N-methyl/N-ethyl adjacent to an activating group) is 1. The van der Waals surface area contributed by atoms with Gasteiger partial charge in [-0.1, -0.05) is 23.8 Å². The summed E-state index contributed by atoms with van der Waals surface area (Å²) in [5, 5.41) is 3.47. The molecule has 1 aromatic rings. The van der Waals surface area contributed by atoms with Gasteiger partial charge in [0.15, 0.2) is 0 Å². The molecule has 0 saturated carbocycles. The summed E-state index contributed by atoms with van der Waals surface area (Å²) in [6.07, 6.45) is 8.63. The summed E-state index contributed by atoms with van der Waals surface area (Å²) in [6.45, 7) is 0.839. The van der Waals surface area contributed by atoms with Gasteiger partial charge in [0.05, 0.1) is 12.6 Å². The third-order valence-corrected chi connectivity index (χ3v) is 4.03. The molecule has 0 fully saturated rings. The summed E-state index contributed by atoms with van der Waals surface area (Å²) in [4.78, 5) is 0. The molecule has 0 aromatic heterocycles. The molecule has 0 bridgehead atoms. The van der Waals surface area contributed by atoms with E-state index in [2.05, 4.69) is 36.6 Å². The Morgan fingerprint density at radius 1 is 1.22 bits per heavy atom. The van der Waals surface area contributed by atoms with Crippen LogP contribution in [0.3, 0.4) is 0 Å². The van der Waals surface area contributed by atoms with E-state index < -0.39 is 0 Å². The van der Waals surface area contributed by atoms with Crippen LogP contribution < -0.4 is 10.1 Å². The predicted molar refractivity (Wildman–Crippen MR) is 74.0 cm³/mol. The van der Waals surface area contributed by atoms with Crippen LogP contribution in [0.25, 0.3) is 0 Å². The zero-order valence-electron chi connectivity index (χ0n) is 11.0. The van der Waals surface area contributed by atoms with Crippen molar-refractivity contribution in [3.63, 3.8) is 0 Å². The third-order valence-electron chi connectivity index (χ3n) is 4.03. The second-order valence-corrected chi connectivity index (χ2v) is 5.21. The lowest BCUT2D eigenvalue weighted by Crippen LogP contribution is -2.20. The summed E-state index contributed by atoms with van der Waals surface area (Å²) >= 11 is 0. The molecule has 1 unspecified atom stereocenters. The number of ether oxygens (including phenoxy) is 1. The van der Waals surface area contributed by atoms with Crippen LogP contribution >= 0.6 is 0 Å². The number of hydrogen-bond donors (Lipinski definition) is 1. The zero-order valence-corrected chi connectivity index (χ0v) is 11.0. The Hall–Kier alpha value is -1.28. The quantitative estimate of drug-likeness (QED) is 0.822. The van der Waals surface area contributed by atoms with Crippen molar-refractivity contribution < 1.29 is 4.74 Å². The van der Waals surface area contributed by atoms with Crippen molar-refractivity contribution in [1.82, 2.24) is 5.32 Å². The van der Waals surface area contributed by atoms with Crippen molar-refractivity contribution in [2.45, 2.75) is 38.1 Å². The molecular formula is C16H21NO. The molecule has 0 amide bonds. The molecule has 0 spiro atoms. The first-order valence-corrected chi connectivity index (χ1v) is 7.00. The summed E-state index contributed by atoms with van der Waals surface area (Å²) in [5.74, 6) is 1.08. The summed E-state index contributed by atoms with van der Waals surface area (Å²) in [6, 6.07) is 7.04. The van der Waals surface area contributed by atoms with E-state index in [1.54, 1.807) is 5.57 Å². The monoisotopic (exact) mass is 243 g/mol. The van der Waals surface area contributed by atoms with Gasteiger partial charge in [0.1, 0.15) is 5.75 Å². The molecule has 1 atom stereocenters. The molecule has 1 aliphatic heterocycles. The third kappa shape index (κ3) is 2.17. The number of hydrogen-bond acceptors (Lipinski definition) is 2. The standard InChI is InChI=1S/C16H21NO/c1-17-16(12-5-3-2-4-6-12)14-7-8-15-13(11-14)9-10-18-15/h5,7-8,11,16-17H,2-4,6,9-10H2,1H3. The minimum absolute atomic E-state index is 0.385. The first kappa shape index (κ1) is 11.8. The summed E-state index contributed by atoms with van der Waals surface area (Å²) in [7, 11) is 2.06. The van der Waals surface area contributed by atoms with E-state index in [4.69, 9.17) is 4.74 Å². The first-order chi connectivity index (χ1) is 8.88. The lowest BCUT2D eigenvalue weighted by Gasteiger charge is -2.23. The van der Waals surface area contributed by atoms with Gasteiger partial charge in [0, 0.05) is 6.42 Å². The Morgan fingerprint density at radius 2 is 2.17 bits per heavy atom. The average molecular weight is 243 g/mol. The Morgan fingerprint density at radius 3 is 2.94 bits per heavy atom. The van der Waals surface area contributed by atoms with Crippen molar-refractivity contribution in [2.24, 2.45) is 0 Å². The van der Waals surface area contributed by atoms with Gasteiger partial charge in [0.2, 0.25) is 0 Å². The molecule has 0 radical (unpaired) electrons. The Balaban J connectivity index is 1.89. The predicted octanol–water partition coefficient (Wildman–Crippen LogP) is 3.38. The molecule has 1 aromatic carbocycles. The van der Waals surface area contributed by atoms with E-state index in [0.717, 1.165) is 18.8 Å². The normalized spacial score (nSPS) is 19.9. The van der Waals surface area contributed by atoms with Crippen molar-refractivity contribution in [3.05, 3.63) is 41.0 Å². The Bertz CT molecular complexity index is 464. The highest BCUT2D eigenvalue weighted by molar-refractivity contribution is 5.42. The van der Waals surface area contributed by atoms with Gasteiger partial charge in [-0.2, -0.15) is 0 Å². The maximum absolute atomic E-state index is 5.58. The van der Waals surface area contributed by atoms with Gasteiger partial charge in [-0.25, -0.2) is 0 Å². The summed E-state index contributed by atoms with van der Waals surface area (Å²) in [5.41, 5.74) is 4.31. The van der Waals surface area contributed by atoms with E-state index in [0.29, 0.717) is 6.04 Å². The molecule has 1 aliphatic carbocycles. The molecule has 1 N–H and O–H groups in total. The minimum Gasteiger partial charge on any atom is -0.493 e. The van der Waals surface area contributed by atoms with Crippen molar-refractivity contribution in [2.75, 3.05) is 13.7 Å². The van der Waals surface area contributed by atoms with Crippen LogP contribution in [-0.2, 0) is 6.42 Å². The topological polar surface area (TPSA) is 21.3 Å². The maximum atomic E-state index is 5.58. The van der Waals surface area contributed by atoms with E-state index in [1.165, 1.54) is 36.8 Å². The SMILES string of the molecule is CNC(C1=CCCCC1)c1ccc2c(c1)CCO2. The van der Waals surface area contributed by atoms with E-state index in [9.17, 15) is 0 Å². The van der Waals surface area contributed by atoms with E-state index in [-0.39, 0.29) is 0 Å². The van der Waals surface area contributed by atoms with Crippen LogP contribution in [0, 0.1) is 0 Å². The molecule has 96 valence electrons. The van der Waals surface area contributed by atoms with E-state index >= 15 is 0 Å². The number of nitrogens with one attached hydrogen (secondary N) is 1. The molecule has 18 heavy (non-hydrogen) atoms. The molecule has 2 nitrogen and oxygen atoms in total. The smallest absolute Gasteiger partial charge is 0.122 e. The molecule has 1 heterocycles. The van der Waals surface area contributed by atoms with Crippen molar-refractivity contribution in [3.8, 4) is 5.75 Å². The van der Waals surface area contributed by atoms with Gasteiger partial charge >= 0.3 is 0 Å². The van der Waals surface area contributed by atoms with Gasteiger partial charge in [-0.3, -0.25) is 0 Å². The number of rotatable bonds is 3.